The zero-order valence-electron chi connectivity index (χ0n) is 14.7. The summed E-state index contributed by atoms with van der Waals surface area (Å²) in [5.74, 6) is 0. The number of nitrogens with zero attached hydrogens (tertiary/aromatic N) is 3. The molecular formula is C22H20ClN3. The second-order valence-corrected chi connectivity index (χ2v) is 8.31. The third-order valence-electron chi connectivity index (χ3n) is 6.63. The van der Waals surface area contributed by atoms with Crippen LogP contribution in [-0.4, -0.2) is 27.5 Å². The Morgan fingerprint density at radius 1 is 1.23 bits per heavy atom. The number of halogens is 1. The fraction of sp³-hybridized carbons (Fsp3) is 0.318. The minimum atomic E-state index is 0.530. The standard InChI is InChI=1S/C22H20ClN3/c1-25-16-3-5-20(25)22-18-9-15(23)2-4-19(18)26(21(22)10-16)12-14-8-13-11-24-7-6-17(13)14/h2,4,6-7,9,11-12,16,20H,3,5,8,10H2,1H3/b14-12+. The fourth-order valence-electron chi connectivity index (χ4n) is 5.27. The van der Waals surface area contributed by atoms with Crippen molar-refractivity contribution in [2.75, 3.05) is 7.05 Å². The van der Waals surface area contributed by atoms with Crippen LogP contribution in [0.25, 0.3) is 22.7 Å². The lowest BCUT2D eigenvalue weighted by Crippen LogP contribution is -2.34. The van der Waals surface area contributed by atoms with Crippen molar-refractivity contribution in [2.45, 2.75) is 37.8 Å². The van der Waals surface area contributed by atoms with Crippen LogP contribution in [0.1, 0.15) is 41.3 Å². The highest BCUT2D eigenvalue weighted by Gasteiger charge is 2.40. The molecule has 2 atom stereocenters. The van der Waals surface area contributed by atoms with Gasteiger partial charge in [-0.1, -0.05) is 11.6 Å². The van der Waals surface area contributed by atoms with E-state index in [-0.39, 0.29) is 0 Å². The molecule has 130 valence electrons. The molecule has 0 N–H and O–H groups in total. The zero-order valence-corrected chi connectivity index (χ0v) is 15.5. The van der Waals surface area contributed by atoms with E-state index in [1.165, 1.54) is 51.7 Å². The molecule has 0 spiro atoms. The van der Waals surface area contributed by atoms with Gasteiger partial charge in [0.1, 0.15) is 0 Å². The predicted octanol–water partition coefficient (Wildman–Crippen LogP) is 4.94. The van der Waals surface area contributed by atoms with Gasteiger partial charge in [0.2, 0.25) is 0 Å². The van der Waals surface area contributed by atoms with Crippen LogP contribution >= 0.6 is 11.6 Å². The molecule has 2 aliphatic heterocycles. The van der Waals surface area contributed by atoms with E-state index in [4.69, 9.17) is 11.6 Å². The molecular weight excluding hydrogens is 342 g/mol. The molecule has 2 unspecified atom stereocenters. The van der Waals surface area contributed by atoms with Gasteiger partial charge in [-0.15, -0.1) is 0 Å². The number of benzene rings is 1. The Labute approximate surface area is 157 Å². The minimum Gasteiger partial charge on any atom is -0.320 e. The number of rotatable bonds is 1. The number of aromatic nitrogens is 2. The molecule has 2 bridgehead atoms. The summed E-state index contributed by atoms with van der Waals surface area (Å²) in [7, 11) is 2.28. The molecule has 0 radical (unpaired) electrons. The summed E-state index contributed by atoms with van der Waals surface area (Å²) >= 11 is 6.37. The molecule has 0 amide bonds. The van der Waals surface area contributed by atoms with E-state index in [0.717, 1.165) is 17.9 Å². The van der Waals surface area contributed by atoms with Gasteiger partial charge in [-0.25, -0.2) is 0 Å². The highest BCUT2D eigenvalue weighted by molar-refractivity contribution is 6.31. The lowest BCUT2D eigenvalue weighted by molar-refractivity contribution is 0.223. The van der Waals surface area contributed by atoms with Gasteiger partial charge in [0.05, 0.1) is 5.52 Å². The number of pyridine rings is 1. The summed E-state index contributed by atoms with van der Waals surface area (Å²) in [6, 6.07) is 9.70. The van der Waals surface area contributed by atoms with Crippen LogP contribution in [0.15, 0.2) is 36.7 Å². The summed E-state index contributed by atoms with van der Waals surface area (Å²) in [5.41, 5.74) is 8.39. The summed E-state index contributed by atoms with van der Waals surface area (Å²) in [6.45, 7) is 0. The van der Waals surface area contributed by atoms with Crippen LogP contribution < -0.4 is 0 Å². The molecule has 2 aromatic heterocycles. The molecule has 3 aromatic rings. The Bertz CT molecular complexity index is 1090. The van der Waals surface area contributed by atoms with Crippen LogP contribution in [0.4, 0.5) is 0 Å². The zero-order chi connectivity index (χ0) is 17.4. The first kappa shape index (κ1) is 15.0. The fourth-order valence-corrected chi connectivity index (χ4v) is 5.44. The largest absolute Gasteiger partial charge is 0.320 e. The smallest absolute Gasteiger partial charge is 0.0529 e. The quantitative estimate of drug-likeness (QED) is 0.612. The minimum absolute atomic E-state index is 0.530. The van der Waals surface area contributed by atoms with Gasteiger partial charge >= 0.3 is 0 Å². The Morgan fingerprint density at radius 3 is 3.04 bits per heavy atom. The first-order chi connectivity index (χ1) is 12.7. The van der Waals surface area contributed by atoms with Crippen molar-refractivity contribution < 1.29 is 0 Å². The molecule has 6 rings (SSSR count). The topological polar surface area (TPSA) is 21.1 Å². The third kappa shape index (κ3) is 1.90. The van der Waals surface area contributed by atoms with Gasteiger partial charge in [0.15, 0.2) is 0 Å². The van der Waals surface area contributed by atoms with Gasteiger partial charge in [-0.2, -0.15) is 0 Å². The van der Waals surface area contributed by atoms with Gasteiger partial charge in [0.25, 0.3) is 0 Å². The van der Waals surface area contributed by atoms with Crippen molar-refractivity contribution in [3.8, 4) is 0 Å². The summed E-state index contributed by atoms with van der Waals surface area (Å²) in [4.78, 5) is 6.81. The van der Waals surface area contributed by atoms with Crippen molar-refractivity contribution >= 4 is 34.3 Å². The van der Waals surface area contributed by atoms with Crippen LogP contribution in [0.3, 0.4) is 0 Å². The van der Waals surface area contributed by atoms with Crippen LogP contribution in [-0.2, 0) is 12.8 Å². The van der Waals surface area contributed by atoms with Gasteiger partial charge in [0, 0.05) is 59.6 Å². The van der Waals surface area contributed by atoms with E-state index in [1.54, 1.807) is 0 Å². The van der Waals surface area contributed by atoms with E-state index >= 15 is 0 Å². The van der Waals surface area contributed by atoms with Crippen molar-refractivity contribution in [2.24, 2.45) is 0 Å². The Balaban J connectivity index is 1.60. The second-order valence-electron chi connectivity index (χ2n) is 7.87. The molecule has 3 aliphatic rings. The van der Waals surface area contributed by atoms with Crippen LogP contribution in [0.5, 0.6) is 0 Å². The van der Waals surface area contributed by atoms with E-state index in [0.29, 0.717) is 12.1 Å². The first-order valence-corrected chi connectivity index (χ1v) is 9.76. The number of fused-ring (bicyclic) bond motifs is 7. The Hall–Kier alpha value is -2.10. The maximum atomic E-state index is 6.37. The highest BCUT2D eigenvalue weighted by Crippen LogP contribution is 2.48. The third-order valence-corrected chi connectivity index (χ3v) is 6.86. The summed E-state index contributed by atoms with van der Waals surface area (Å²) < 4.78 is 2.46. The molecule has 4 heterocycles. The summed E-state index contributed by atoms with van der Waals surface area (Å²) in [6.07, 6.45) is 10.9. The number of likely N-dealkylation sites (N-methyl/N-ethyl adjacent to an activating group) is 1. The van der Waals surface area contributed by atoms with Crippen molar-refractivity contribution in [1.82, 2.24) is 14.5 Å². The molecule has 3 nitrogen and oxygen atoms in total. The molecule has 26 heavy (non-hydrogen) atoms. The van der Waals surface area contributed by atoms with Crippen LogP contribution in [0.2, 0.25) is 5.02 Å². The van der Waals surface area contributed by atoms with Gasteiger partial charge < -0.3 is 4.57 Å². The molecule has 1 saturated heterocycles. The Morgan fingerprint density at radius 2 is 2.15 bits per heavy atom. The second kappa shape index (κ2) is 5.21. The van der Waals surface area contributed by atoms with Crippen molar-refractivity contribution in [3.63, 3.8) is 0 Å². The van der Waals surface area contributed by atoms with E-state index < -0.39 is 0 Å². The highest BCUT2D eigenvalue weighted by atomic mass is 35.5. The van der Waals surface area contributed by atoms with Crippen LogP contribution in [0, 0.1) is 0 Å². The average Bonchev–Trinajstić information content (AvgIpc) is 3.03. The molecule has 1 fully saturated rings. The predicted molar refractivity (Wildman–Crippen MR) is 106 cm³/mol. The van der Waals surface area contributed by atoms with E-state index in [2.05, 4.69) is 45.9 Å². The molecule has 4 heteroatoms. The monoisotopic (exact) mass is 361 g/mol. The molecule has 1 aromatic carbocycles. The van der Waals surface area contributed by atoms with Crippen molar-refractivity contribution in [3.05, 3.63) is 64.1 Å². The first-order valence-electron chi connectivity index (χ1n) is 9.39. The van der Waals surface area contributed by atoms with E-state index in [9.17, 15) is 0 Å². The summed E-state index contributed by atoms with van der Waals surface area (Å²) in [5, 5.41) is 2.16. The van der Waals surface area contributed by atoms with E-state index in [1.807, 2.05) is 18.5 Å². The molecule has 1 aliphatic carbocycles. The maximum absolute atomic E-state index is 6.37. The van der Waals surface area contributed by atoms with Crippen molar-refractivity contribution in [1.29, 1.82) is 0 Å². The maximum Gasteiger partial charge on any atom is 0.0529 e. The molecule has 0 saturated carbocycles. The van der Waals surface area contributed by atoms with Gasteiger partial charge in [-0.3, -0.25) is 9.88 Å². The number of allylic oxidation sites excluding steroid dienone is 1. The average molecular weight is 362 g/mol. The lowest BCUT2D eigenvalue weighted by atomic mass is 9.85. The normalized spacial score (nSPS) is 25.4. The SMILES string of the molecule is CN1C2CCC1c1c(n(/C=C3\Cc4cnccc43)c3ccc(Cl)cc13)C2. The Kier molecular flexibility index (Phi) is 3.01. The number of hydrogen-bond donors (Lipinski definition) is 0. The lowest BCUT2D eigenvalue weighted by Gasteiger charge is -2.32. The number of hydrogen-bond acceptors (Lipinski definition) is 2. The van der Waals surface area contributed by atoms with Gasteiger partial charge in [-0.05, 0) is 66.4 Å².